The number of H-pyrrole nitrogens is 1. The highest BCUT2D eigenvalue weighted by Gasteiger charge is 2.29. The number of amides is 1. The number of aromatic amines is 1. The normalized spacial score (nSPS) is 15.7. The molecule has 9 heteroatoms. The van der Waals surface area contributed by atoms with Crippen molar-refractivity contribution in [1.82, 2.24) is 9.88 Å². The van der Waals surface area contributed by atoms with E-state index in [2.05, 4.69) is 4.98 Å². The largest absolute Gasteiger partial charge is 0.489 e. The monoisotopic (exact) mass is 412 g/mol. The predicted molar refractivity (Wildman–Crippen MR) is 108 cm³/mol. The van der Waals surface area contributed by atoms with Gasteiger partial charge in [0.2, 0.25) is 0 Å². The molecule has 1 aliphatic carbocycles. The van der Waals surface area contributed by atoms with Gasteiger partial charge in [0, 0.05) is 41.4 Å². The summed E-state index contributed by atoms with van der Waals surface area (Å²) in [5.41, 5.74) is 2.20. The van der Waals surface area contributed by atoms with Gasteiger partial charge in [0.1, 0.15) is 17.9 Å². The molecule has 30 heavy (non-hydrogen) atoms. The first-order valence-corrected chi connectivity index (χ1v) is 9.51. The third-order valence-electron chi connectivity index (χ3n) is 5.79. The number of halogens is 2. The molecule has 1 aromatic heterocycles. The van der Waals surface area contributed by atoms with Crippen molar-refractivity contribution in [3.63, 3.8) is 0 Å². The van der Waals surface area contributed by atoms with Gasteiger partial charge in [-0.3, -0.25) is 9.59 Å². The van der Waals surface area contributed by atoms with Gasteiger partial charge in [-0.2, -0.15) is 0 Å². The first-order valence-electron chi connectivity index (χ1n) is 9.51. The molecule has 1 heterocycles. The van der Waals surface area contributed by atoms with E-state index in [4.69, 9.17) is 0 Å². The number of rotatable bonds is 4. The van der Waals surface area contributed by atoms with Crippen molar-refractivity contribution in [2.45, 2.75) is 25.3 Å². The highest BCUT2D eigenvalue weighted by Crippen LogP contribution is 2.32. The summed E-state index contributed by atoms with van der Waals surface area (Å²) in [6, 6.07) is 6.04. The molecular weight excluding hydrogens is 393 g/mol. The van der Waals surface area contributed by atoms with Crippen LogP contribution in [0.2, 0.25) is 0 Å². The zero-order valence-corrected chi connectivity index (χ0v) is 16.2. The molecular formula is C21H19BF2N2O4. The van der Waals surface area contributed by atoms with Crippen LogP contribution in [0.1, 0.15) is 38.4 Å². The van der Waals surface area contributed by atoms with Crippen molar-refractivity contribution in [3.8, 4) is 0 Å². The van der Waals surface area contributed by atoms with Crippen LogP contribution < -0.4 is 5.46 Å². The number of aldehydes is 1. The van der Waals surface area contributed by atoms with Crippen LogP contribution in [0, 0.1) is 11.6 Å². The Labute approximate surface area is 171 Å². The van der Waals surface area contributed by atoms with Gasteiger partial charge in [0.05, 0.1) is 5.52 Å². The fourth-order valence-electron chi connectivity index (χ4n) is 4.17. The molecule has 0 bridgehead atoms. The molecule has 3 N–H and O–H groups in total. The van der Waals surface area contributed by atoms with E-state index < -0.39 is 18.8 Å². The summed E-state index contributed by atoms with van der Waals surface area (Å²) in [7, 11) is -0.171. The number of nitrogens with zero attached hydrogens (tertiary/aromatic N) is 1. The Morgan fingerprint density at radius 2 is 2.03 bits per heavy atom. The third-order valence-corrected chi connectivity index (χ3v) is 5.79. The van der Waals surface area contributed by atoms with Crippen LogP contribution >= 0.6 is 0 Å². The minimum atomic E-state index is -1.81. The van der Waals surface area contributed by atoms with Gasteiger partial charge in [0.15, 0.2) is 0 Å². The lowest BCUT2D eigenvalue weighted by atomic mass is 9.76. The third kappa shape index (κ3) is 3.40. The smallest absolute Gasteiger partial charge is 0.423 e. The maximum Gasteiger partial charge on any atom is 0.489 e. The lowest BCUT2D eigenvalue weighted by Crippen LogP contribution is -2.41. The Hall–Kier alpha value is -3.04. The second-order valence-corrected chi connectivity index (χ2v) is 7.54. The van der Waals surface area contributed by atoms with E-state index in [1.807, 2.05) is 0 Å². The molecule has 3 aromatic rings. The highest BCUT2D eigenvalue weighted by molar-refractivity contribution is 6.60. The van der Waals surface area contributed by atoms with Crippen LogP contribution in [0.5, 0.6) is 0 Å². The topological polar surface area (TPSA) is 93.6 Å². The van der Waals surface area contributed by atoms with E-state index in [1.165, 1.54) is 24.3 Å². The molecule has 0 radical (unpaired) electrons. The summed E-state index contributed by atoms with van der Waals surface area (Å²) in [4.78, 5) is 28.8. The average molecular weight is 412 g/mol. The molecule has 4 rings (SSSR count). The van der Waals surface area contributed by atoms with E-state index in [1.54, 1.807) is 11.9 Å². The molecule has 1 unspecified atom stereocenters. The molecule has 0 aliphatic heterocycles. The molecule has 1 atom stereocenters. The van der Waals surface area contributed by atoms with Crippen molar-refractivity contribution in [1.29, 1.82) is 0 Å². The fourth-order valence-corrected chi connectivity index (χ4v) is 4.17. The van der Waals surface area contributed by atoms with Crippen molar-refractivity contribution >= 4 is 35.7 Å². The van der Waals surface area contributed by atoms with Crippen LogP contribution in [-0.4, -0.2) is 52.3 Å². The Morgan fingerprint density at radius 1 is 1.27 bits per heavy atom. The SMILES string of the molecule is CN(C(=O)c1ccc(B(O)O)c(C=O)c1)C1CCc2[nH]c3c(F)cc(F)cc3c2C1. The predicted octanol–water partition coefficient (Wildman–Crippen LogP) is 1.57. The van der Waals surface area contributed by atoms with Gasteiger partial charge in [-0.25, -0.2) is 8.78 Å². The van der Waals surface area contributed by atoms with Gasteiger partial charge in [-0.05, 0) is 48.5 Å². The second-order valence-electron chi connectivity index (χ2n) is 7.54. The minimum absolute atomic E-state index is 0.0226. The summed E-state index contributed by atoms with van der Waals surface area (Å²) in [6.45, 7) is 0. The summed E-state index contributed by atoms with van der Waals surface area (Å²) >= 11 is 0. The Balaban J connectivity index is 1.62. The summed E-state index contributed by atoms with van der Waals surface area (Å²) in [5.74, 6) is -1.63. The number of hydrogen-bond donors (Lipinski definition) is 3. The van der Waals surface area contributed by atoms with Crippen LogP contribution in [0.25, 0.3) is 10.9 Å². The van der Waals surface area contributed by atoms with E-state index in [-0.39, 0.29) is 34.1 Å². The Bertz CT molecular complexity index is 1160. The molecule has 0 fully saturated rings. The van der Waals surface area contributed by atoms with Crippen molar-refractivity contribution in [2.75, 3.05) is 7.05 Å². The summed E-state index contributed by atoms with van der Waals surface area (Å²) in [6.07, 6.45) is 2.13. The van der Waals surface area contributed by atoms with Crippen LogP contribution in [0.4, 0.5) is 8.78 Å². The van der Waals surface area contributed by atoms with Crippen LogP contribution in [0.3, 0.4) is 0 Å². The molecule has 1 amide bonds. The number of hydrogen-bond acceptors (Lipinski definition) is 4. The Morgan fingerprint density at radius 3 is 2.73 bits per heavy atom. The number of carbonyl (C=O) groups excluding carboxylic acids is 2. The number of fused-ring (bicyclic) bond motifs is 3. The maximum absolute atomic E-state index is 14.1. The standard InChI is InChI=1S/C21H19BF2N2O4/c1-26(21(28)11-2-4-17(22(29)30)12(6-11)10-27)14-3-5-19-15(9-14)16-7-13(23)8-18(24)20(16)25-19/h2,4,6-8,10,14,25,29-30H,3,5,9H2,1H3. The zero-order valence-electron chi connectivity index (χ0n) is 16.2. The molecule has 0 saturated carbocycles. The van der Waals surface area contributed by atoms with E-state index in [9.17, 15) is 28.4 Å². The van der Waals surface area contributed by atoms with Crippen molar-refractivity contribution in [2.24, 2.45) is 0 Å². The maximum atomic E-state index is 14.1. The average Bonchev–Trinajstić information content (AvgIpc) is 3.10. The minimum Gasteiger partial charge on any atom is -0.423 e. The molecule has 0 spiro atoms. The number of nitrogens with one attached hydrogen (secondary N) is 1. The highest BCUT2D eigenvalue weighted by atomic mass is 19.1. The van der Waals surface area contributed by atoms with E-state index >= 15 is 0 Å². The number of likely N-dealkylation sites (N-methyl/N-ethyl adjacent to an activating group) is 1. The number of carbonyl (C=O) groups is 2. The molecule has 0 saturated heterocycles. The van der Waals surface area contributed by atoms with Gasteiger partial charge < -0.3 is 19.9 Å². The number of aromatic nitrogens is 1. The van der Waals surface area contributed by atoms with Gasteiger partial charge in [0.25, 0.3) is 5.91 Å². The lowest BCUT2D eigenvalue weighted by molar-refractivity contribution is 0.0719. The van der Waals surface area contributed by atoms with Crippen molar-refractivity contribution < 1.29 is 28.4 Å². The first kappa shape index (κ1) is 20.2. The number of aryl methyl sites for hydroxylation is 1. The van der Waals surface area contributed by atoms with E-state index in [0.29, 0.717) is 30.9 Å². The summed E-state index contributed by atoms with van der Waals surface area (Å²) in [5, 5.41) is 19.1. The molecule has 6 nitrogen and oxygen atoms in total. The zero-order chi connectivity index (χ0) is 21.6. The van der Waals surface area contributed by atoms with Gasteiger partial charge in [-0.1, -0.05) is 6.07 Å². The fraction of sp³-hybridized carbons (Fsp3) is 0.238. The van der Waals surface area contributed by atoms with Crippen LogP contribution in [0.15, 0.2) is 30.3 Å². The van der Waals surface area contributed by atoms with E-state index in [0.717, 1.165) is 17.3 Å². The molecule has 2 aromatic carbocycles. The quantitative estimate of drug-likeness (QED) is 0.448. The summed E-state index contributed by atoms with van der Waals surface area (Å²) < 4.78 is 27.8. The number of benzene rings is 2. The Kier molecular flexibility index (Phi) is 5.17. The van der Waals surface area contributed by atoms with Crippen LogP contribution in [-0.2, 0) is 12.8 Å². The second kappa shape index (κ2) is 7.66. The first-order chi connectivity index (χ1) is 14.3. The van der Waals surface area contributed by atoms with Gasteiger partial charge in [-0.15, -0.1) is 0 Å². The molecule has 1 aliphatic rings. The van der Waals surface area contributed by atoms with Crippen molar-refractivity contribution in [3.05, 3.63) is 64.4 Å². The van der Waals surface area contributed by atoms with Gasteiger partial charge >= 0.3 is 7.12 Å². The molecule has 154 valence electrons. The lowest BCUT2D eigenvalue weighted by Gasteiger charge is -2.31.